The van der Waals surface area contributed by atoms with E-state index in [1.165, 1.54) is 11.3 Å². The fraction of sp³-hybridized carbons (Fsp3) is 0.312. The van der Waals surface area contributed by atoms with Crippen LogP contribution < -0.4 is 5.32 Å². The third-order valence-corrected chi connectivity index (χ3v) is 4.43. The number of rotatable bonds is 5. The summed E-state index contributed by atoms with van der Waals surface area (Å²) in [5, 5.41) is 27.5. The lowest BCUT2D eigenvalue weighted by atomic mass is 9.96. The average Bonchev–Trinajstić information content (AvgIpc) is 2.97. The van der Waals surface area contributed by atoms with E-state index in [0.29, 0.717) is 22.3 Å². The molecule has 23 heavy (non-hydrogen) atoms. The molecular formula is C16H18N2O4S. The number of amides is 1. The molecular weight excluding hydrogens is 316 g/mol. The van der Waals surface area contributed by atoms with E-state index in [0.717, 1.165) is 5.56 Å². The molecule has 0 saturated carbocycles. The lowest BCUT2D eigenvalue weighted by Crippen LogP contribution is -2.29. The van der Waals surface area contributed by atoms with Gasteiger partial charge in [0.2, 0.25) is 0 Å². The second-order valence-electron chi connectivity index (χ2n) is 5.40. The van der Waals surface area contributed by atoms with E-state index in [1.807, 2.05) is 10.8 Å². The normalized spacial score (nSPS) is 12.0. The number of carbonyl (C=O) groups excluding carboxylic acids is 1. The monoisotopic (exact) mass is 334 g/mol. The van der Waals surface area contributed by atoms with E-state index in [9.17, 15) is 20.0 Å². The third kappa shape index (κ3) is 3.57. The fourth-order valence-corrected chi connectivity index (χ4v) is 3.37. The van der Waals surface area contributed by atoms with Gasteiger partial charge in [-0.15, -0.1) is 0 Å². The van der Waals surface area contributed by atoms with Crippen molar-refractivity contribution in [1.82, 2.24) is 5.32 Å². The number of thiophene rings is 1. The number of aryl methyl sites for hydroxylation is 2. The summed E-state index contributed by atoms with van der Waals surface area (Å²) in [7, 11) is 0. The summed E-state index contributed by atoms with van der Waals surface area (Å²) >= 11 is 1.46. The van der Waals surface area contributed by atoms with Crippen molar-refractivity contribution in [2.24, 2.45) is 0 Å². The van der Waals surface area contributed by atoms with Gasteiger partial charge < -0.3 is 10.4 Å². The zero-order chi connectivity index (χ0) is 17.1. The number of hydrogen-bond acceptors (Lipinski definition) is 5. The molecule has 0 aliphatic heterocycles. The van der Waals surface area contributed by atoms with E-state index in [4.69, 9.17) is 0 Å². The van der Waals surface area contributed by atoms with Crippen LogP contribution in [-0.2, 0) is 0 Å². The van der Waals surface area contributed by atoms with Crippen LogP contribution in [0.2, 0.25) is 0 Å². The molecule has 0 aliphatic carbocycles. The number of aliphatic hydroxyl groups is 1. The quantitative estimate of drug-likeness (QED) is 0.649. The van der Waals surface area contributed by atoms with Crippen LogP contribution in [-0.4, -0.2) is 22.5 Å². The van der Waals surface area contributed by atoms with Gasteiger partial charge in [-0.05, 0) is 54.8 Å². The number of nitro benzene ring substituents is 1. The highest BCUT2D eigenvalue weighted by Gasteiger charge is 2.24. The van der Waals surface area contributed by atoms with Crippen molar-refractivity contribution in [3.63, 3.8) is 0 Å². The van der Waals surface area contributed by atoms with Crippen LogP contribution >= 0.6 is 11.3 Å². The predicted molar refractivity (Wildman–Crippen MR) is 88.9 cm³/mol. The first kappa shape index (κ1) is 17.1. The molecule has 2 aromatic rings. The molecule has 2 N–H and O–H groups in total. The molecule has 7 heteroatoms. The number of carbonyl (C=O) groups is 1. The van der Waals surface area contributed by atoms with Crippen LogP contribution in [0.3, 0.4) is 0 Å². The zero-order valence-electron chi connectivity index (χ0n) is 13.1. The van der Waals surface area contributed by atoms with Gasteiger partial charge in [-0.25, -0.2) is 0 Å². The van der Waals surface area contributed by atoms with E-state index >= 15 is 0 Å². The smallest absolute Gasteiger partial charge is 0.275 e. The van der Waals surface area contributed by atoms with Gasteiger partial charge >= 0.3 is 0 Å². The van der Waals surface area contributed by atoms with Crippen LogP contribution in [0.1, 0.15) is 38.7 Å². The summed E-state index contributed by atoms with van der Waals surface area (Å²) < 4.78 is 0. The molecule has 0 aliphatic rings. The molecule has 0 bridgehead atoms. The molecule has 1 unspecified atom stereocenters. The van der Waals surface area contributed by atoms with Gasteiger partial charge in [0.25, 0.3) is 11.6 Å². The first-order chi connectivity index (χ1) is 10.8. The molecule has 1 atom stereocenters. The summed E-state index contributed by atoms with van der Waals surface area (Å²) in [4.78, 5) is 23.1. The standard InChI is InChI=1S/C16H18N2O4S/c1-9-6-10(2)15(18(21)22)11(3)14(9)16(20)17-7-13(19)12-4-5-23-8-12/h4-6,8,13,19H,7H2,1-3H3,(H,17,20). The van der Waals surface area contributed by atoms with E-state index < -0.39 is 16.9 Å². The number of nitro groups is 1. The maximum absolute atomic E-state index is 12.4. The summed E-state index contributed by atoms with van der Waals surface area (Å²) in [5.41, 5.74) is 2.53. The number of nitrogens with zero attached hydrogens (tertiary/aromatic N) is 1. The van der Waals surface area contributed by atoms with Crippen LogP contribution in [0.15, 0.2) is 22.9 Å². The van der Waals surface area contributed by atoms with Crippen molar-refractivity contribution in [2.45, 2.75) is 26.9 Å². The second kappa shape index (κ2) is 6.89. The molecule has 0 spiro atoms. The van der Waals surface area contributed by atoms with Crippen LogP contribution in [0.5, 0.6) is 0 Å². The molecule has 1 heterocycles. The van der Waals surface area contributed by atoms with E-state index in [2.05, 4.69) is 5.32 Å². The van der Waals surface area contributed by atoms with Crippen molar-refractivity contribution in [1.29, 1.82) is 0 Å². The van der Waals surface area contributed by atoms with Gasteiger partial charge in [0, 0.05) is 17.7 Å². The van der Waals surface area contributed by atoms with Gasteiger partial charge in [-0.1, -0.05) is 0 Å². The lowest BCUT2D eigenvalue weighted by Gasteiger charge is -2.14. The Morgan fingerprint density at radius 2 is 2.09 bits per heavy atom. The summed E-state index contributed by atoms with van der Waals surface area (Å²) in [6.07, 6.45) is -0.800. The first-order valence-corrected chi connectivity index (χ1v) is 8.00. The number of aliphatic hydroxyl groups excluding tert-OH is 1. The maximum Gasteiger partial charge on any atom is 0.275 e. The highest BCUT2D eigenvalue weighted by Crippen LogP contribution is 2.28. The molecule has 6 nitrogen and oxygen atoms in total. The Labute approximate surface area is 137 Å². The van der Waals surface area contributed by atoms with Gasteiger partial charge in [-0.3, -0.25) is 14.9 Å². The minimum Gasteiger partial charge on any atom is -0.387 e. The molecule has 1 aromatic heterocycles. The van der Waals surface area contributed by atoms with Crippen molar-refractivity contribution in [2.75, 3.05) is 6.54 Å². The van der Waals surface area contributed by atoms with E-state index in [-0.39, 0.29) is 12.2 Å². The zero-order valence-corrected chi connectivity index (χ0v) is 13.9. The molecule has 1 aromatic carbocycles. The highest BCUT2D eigenvalue weighted by atomic mass is 32.1. The van der Waals surface area contributed by atoms with Crippen LogP contribution in [0.4, 0.5) is 5.69 Å². The molecule has 0 radical (unpaired) electrons. The third-order valence-electron chi connectivity index (χ3n) is 3.72. The van der Waals surface area contributed by atoms with E-state index in [1.54, 1.807) is 32.9 Å². The van der Waals surface area contributed by atoms with Crippen molar-refractivity contribution >= 4 is 22.9 Å². The van der Waals surface area contributed by atoms with Crippen molar-refractivity contribution in [3.8, 4) is 0 Å². The Kier molecular flexibility index (Phi) is 5.12. The van der Waals surface area contributed by atoms with Gasteiger partial charge in [0.15, 0.2) is 0 Å². The first-order valence-electron chi connectivity index (χ1n) is 7.06. The Balaban J connectivity index is 2.22. The Bertz CT molecular complexity index is 741. The Hall–Kier alpha value is -2.25. The topological polar surface area (TPSA) is 92.5 Å². The number of nitrogens with one attached hydrogen (secondary N) is 1. The summed E-state index contributed by atoms with van der Waals surface area (Å²) in [5.74, 6) is -0.419. The second-order valence-corrected chi connectivity index (χ2v) is 6.18. The van der Waals surface area contributed by atoms with Gasteiger partial charge in [0.05, 0.1) is 16.6 Å². The number of benzene rings is 1. The Morgan fingerprint density at radius 1 is 1.39 bits per heavy atom. The largest absolute Gasteiger partial charge is 0.387 e. The molecule has 0 saturated heterocycles. The summed E-state index contributed by atoms with van der Waals surface area (Å²) in [6.45, 7) is 5.02. The van der Waals surface area contributed by atoms with Gasteiger partial charge in [-0.2, -0.15) is 11.3 Å². The van der Waals surface area contributed by atoms with Crippen LogP contribution in [0, 0.1) is 30.9 Å². The fourth-order valence-electron chi connectivity index (χ4n) is 2.67. The Morgan fingerprint density at radius 3 is 2.65 bits per heavy atom. The molecule has 1 amide bonds. The predicted octanol–water partition coefficient (Wildman–Crippen LogP) is 3.04. The molecule has 2 rings (SSSR count). The van der Waals surface area contributed by atoms with Gasteiger partial charge in [0.1, 0.15) is 0 Å². The van der Waals surface area contributed by atoms with Crippen molar-refractivity contribution in [3.05, 3.63) is 60.8 Å². The minimum atomic E-state index is -0.800. The van der Waals surface area contributed by atoms with Crippen LogP contribution in [0.25, 0.3) is 0 Å². The maximum atomic E-state index is 12.4. The molecule has 0 fully saturated rings. The highest BCUT2D eigenvalue weighted by molar-refractivity contribution is 7.07. The van der Waals surface area contributed by atoms with Crippen molar-refractivity contribution < 1.29 is 14.8 Å². The number of hydrogen-bond donors (Lipinski definition) is 2. The minimum absolute atomic E-state index is 0.0425. The average molecular weight is 334 g/mol. The summed E-state index contributed by atoms with van der Waals surface area (Å²) in [6, 6.07) is 3.42. The SMILES string of the molecule is Cc1cc(C)c([N+](=O)[O-])c(C)c1C(=O)NCC(O)c1ccsc1. The molecule has 122 valence electrons. The lowest BCUT2D eigenvalue weighted by molar-refractivity contribution is -0.386.